The second-order valence-electron chi connectivity index (χ2n) is 4.79. The van der Waals surface area contributed by atoms with E-state index in [2.05, 4.69) is 33.0 Å². The van der Waals surface area contributed by atoms with Gasteiger partial charge in [-0.05, 0) is 43.4 Å². The van der Waals surface area contributed by atoms with E-state index in [0.29, 0.717) is 6.04 Å². The van der Waals surface area contributed by atoms with Crippen LogP contribution in [0.5, 0.6) is 0 Å². The third kappa shape index (κ3) is 3.05. The fraction of sp³-hybridized carbons (Fsp3) is 0.571. The molecule has 0 bridgehead atoms. The summed E-state index contributed by atoms with van der Waals surface area (Å²) in [4.78, 5) is 2.38. The van der Waals surface area contributed by atoms with Crippen LogP contribution in [0.1, 0.15) is 31.2 Å². The predicted octanol–water partition coefficient (Wildman–Crippen LogP) is 2.68. The Bertz CT molecular complexity index is 393. The van der Waals surface area contributed by atoms with Crippen LogP contribution < -0.4 is 4.90 Å². The molecular weight excluding hydrogens is 294 g/mol. The minimum Gasteiger partial charge on any atom is -0.396 e. The summed E-state index contributed by atoms with van der Waals surface area (Å²) in [6.45, 7) is 1.19. The molecule has 0 spiro atoms. The van der Waals surface area contributed by atoms with Gasteiger partial charge < -0.3 is 15.1 Å². The third-order valence-electron chi connectivity index (χ3n) is 3.61. The van der Waals surface area contributed by atoms with Crippen molar-refractivity contribution in [3.63, 3.8) is 0 Å². The van der Waals surface area contributed by atoms with Gasteiger partial charge in [0.05, 0.1) is 6.61 Å². The first kappa shape index (κ1) is 13.8. The molecular formula is C14H20BrNO2. The van der Waals surface area contributed by atoms with Crippen molar-refractivity contribution >= 4 is 21.6 Å². The lowest BCUT2D eigenvalue weighted by Gasteiger charge is -2.39. The third-order valence-corrected chi connectivity index (χ3v) is 4.35. The first-order chi connectivity index (χ1) is 8.76. The monoisotopic (exact) mass is 313 g/mol. The molecule has 1 saturated carbocycles. The van der Waals surface area contributed by atoms with Gasteiger partial charge in [0, 0.05) is 29.4 Å². The molecule has 1 fully saturated rings. The van der Waals surface area contributed by atoms with E-state index in [-0.39, 0.29) is 13.2 Å². The Hall–Kier alpha value is -0.580. The van der Waals surface area contributed by atoms with Crippen LogP contribution in [-0.2, 0) is 6.61 Å². The van der Waals surface area contributed by atoms with Crippen molar-refractivity contribution in [1.29, 1.82) is 0 Å². The molecule has 1 aromatic rings. The Balaban J connectivity index is 2.15. The smallest absolute Gasteiger partial charge is 0.0692 e. The van der Waals surface area contributed by atoms with Gasteiger partial charge in [-0.25, -0.2) is 0 Å². The molecule has 0 unspecified atom stereocenters. The molecule has 0 aromatic heterocycles. The van der Waals surface area contributed by atoms with Gasteiger partial charge in [-0.15, -0.1) is 0 Å². The Morgan fingerprint density at radius 2 is 2.06 bits per heavy atom. The first-order valence-electron chi connectivity index (χ1n) is 6.53. The topological polar surface area (TPSA) is 43.7 Å². The van der Waals surface area contributed by atoms with Crippen LogP contribution >= 0.6 is 15.9 Å². The Kier molecular flexibility index (Phi) is 5.03. The van der Waals surface area contributed by atoms with Gasteiger partial charge in [0.2, 0.25) is 0 Å². The number of rotatable bonds is 6. The van der Waals surface area contributed by atoms with Gasteiger partial charge in [-0.2, -0.15) is 0 Å². The summed E-state index contributed by atoms with van der Waals surface area (Å²) in [7, 11) is 0. The first-order valence-corrected chi connectivity index (χ1v) is 7.32. The molecule has 2 N–H and O–H groups in total. The Labute approximate surface area is 117 Å². The number of aliphatic hydroxyl groups is 2. The van der Waals surface area contributed by atoms with Gasteiger partial charge >= 0.3 is 0 Å². The van der Waals surface area contributed by atoms with E-state index in [9.17, 15) is 5.11 Å². The van der Waals surface area contributed by atoms with Crippen molar-refractivity contribution in [3.05, 3.63) is 28.2 Å². The average molecular weight is 314 g/mol. The summed E-state index contributed by atoms with van der Waals surface area (Å²) < 4.78 is 0.954. The van der Waals surface area contributed by atoms with Crippen molar-refractivity contribution in [2.75, 3.05) is 18.1 Å². The lowest BCUT2D eigenvalue weighted by molar-refractivity contribution is 0.281. The number of halogens is 1. The molecule has 3 nitrogen and oxygen atoms in total. The summed E-state index contributed by atoms with van der Waals surface area (Å²) in [5.74, 6) is 0. The van der Waals surface area contributed by atoms with Gasteiger partial charge in [-0.3, -0.25) is 0 Å². The van der Waals surface area contributed by atoms with Crippen LogP contribution in [0.3, 0.4) is 0 Å². The highest BCUT2D eigenvalue weighted by Crippen LogP contribution is 2.32. The van der Waals surface area contributed by atoms with Crippen molar-refractivity contribution in [1.82, 2.24) is 0 Å². The molecule has 18 heavy (non-hydrogen) atoms. The second kappa shape index (κ2) is 6.55. The molecule has 1 aliphatic carbocycles. The fourth-order valence-corrected chi connectivity index (χ4v) is 2.80. The molecule has 0 aliphatic heterocycles. The average Bonchev–Trinajstić information content (AvgIpc) is 2.32. The molecule has 1 aromatic carbocycles. The highest BCUT2D eigenvalue weighted by Gasteiger charge is 2.25. The maximum Gasteiger partial charge on any atom is 0.0692 e. The summed E-state index contributed by atoms with van der Waals surface area (Å²) in [6.07, 6.45) is 4.58. The van der Waals surface area contributed by atoms with E-state index >= 15 is 0 Å². The lowest BCUT2D eigenvalue weighted by atomic mass is 9.91. The van der Waals surface area contributed by atoms with E-state index in [0.717, 1.165) is 23.0 Å². The molecule has 0 heterocycles. The lowest BCUT2D eigenvalue weighted by Crippen LogP contribution is -2.41. The van der Waals surface area contributed by atoms with Crippen LogP contribution in [0.15, 0.2) is 22.7 Å². The number of anilines is 1. The number of benzene rings is 1. The fourth-order valence-electron chi connectivity index (χ4n) is 2.31. The molecule has 1 aliphatic rings. The standard InChI is InChI=1S/C14H20BrNO2/c15-14-9-13(6-5-11(14)10-18)16(7-2-8-17)12-3-1-4-12/h5-6,9,12,17-18H,1-4,7-8,10H2. The number of hydrogen-bond acceptors (Lipinski definition) is 3. The van der Waals surface area contributed by atoms with Crippen molar-refractivity contribution in [2.45, 2.75) is 38.3 Å². The van der Waals surface area contributed by atoms with Gasteiger partial charge in [0.25, 0.3) is 0 Å². The molecule has 0 saturated heterocycles. The van der Waals surface area contributed by atoms with Crippen molar-refractivity contribution in [3.8, 4) is 0 Å². The molecule has 100 valence electrons. The quantitative estimate of drug-likeness (QED) is 0.848. The molecule has 2 rings (SSSR count). The van der Waals surface area contributed by atoms with Crippen molar-refractivity contribution < 1.29 is 10.2 Å². The van der Waals surface area contributed by atoms with E-state index in [1.807, 2.05) is 6.07 Å². The SMILES string of the molecule is OCCCN(c1ccc(CO)c(Br)c1)C1CCC1. The molecule has 0 atom stereocenters. The number of hydrogen-bond donors (Lipinski definition) is 2. The van der Waals surface area contributed by atoms with Crippen LogP contribution in [0.4, 0.5) is 5.69 Å². The molecule has 0 radical (unpaired) electrons. The van der Waals surface area contributed by atoms with E-state index in [1.165, 1.54) is 24.9 Å². The highest BCUT2D eigenvalue weighted by atomic mass is 79.9. The minimum atomic E-state index is 0.0565. The Morgan fingerprint density at radius 1 is 1.28 bits per heavy atom. The maximum absolute atomic E-state index is 9.18. The second-order valence-corrected chi connectivity index (χ2v) is 5.64. The van der Waals surface area contributed by atoms with Gasteiger partial charge in [0.15, 0.2) is 0 Å². The Morgan fingerprint density at radius 3 is 2.56 bits per heavy atom. The van der Waals surface area contributed by atoms with Crippen LogP contribution in [0.25, 0.3) is 0 Å². The van der Waals surface area contributed by atoms with E-state index in [4.69, 9.17) is 5.11 Å². The molecule has 4 heteroatoms. The van der Waals surface area contributed by atoms with Crippen LogP contribution in [0, 0.1) is 0 Å². The zero-order valence-electron chi connectivity index (χ0n) is 10.5. The van der Waals surface area contributed by atoms with Crippen LogP contribution in [-0.4, -0.2) is 29.4 Å². The summed E-state index contributed by atoms with van der Waals surface area (Å²) in [5.41, 5.74) is 2.09. The summed E-state index contributed by atoms with van der Waals surface area (Å²) >= 11 is 3.50. The number of nitrogens with zero attached hydrogens (tertiary/aromatic N) is 1. The minimum absolute atomic E-state index is 0.0565. The van der Waals surface area contributed by atoms with E-state index in [1.54, 1.807) is 0 Å². The maximum atomic E-state index is 9.18. The van der Waals surface area contributed by atoms with Gasteiger partial charge in [0.1, 0.15) is 0 Å². The van der Waals surface area contributed by atoms with Crippen LogP contribution in [0.2, 0.25) is 0 Å². The zero-order chi connectivity index (χ0) is 13.0. The normalized spacial score (nSPS) is 15.5. The number of aliphatic hydroxyl groups excluding tert-OH is 2. The van der Waals surface area contributed by atoms with Crippen molar-refractivity contribution in [2.24, 2.45) is 0 Å². The largest absolute Gasteiger partial charge is 0.396 e. The van der Waals surface area contributed by atoms with Gasteiger partial charge in [-0.1, -0.05) is 22.0 Å². The summed E-state index contributed by atoms with van der Waals surface area (Å²) in [5, 5.41) is 18.2. The molecule has 0 amide bonds. The van der Waals surface area contributed by atoms with E-state index < -0.39 is 0 Å². The highest BCUT2D eigenvalue weighted by molar-refractivity contribution is 9.10. The summed E-state index contributed by atoms with van der Waals surface area (Å²) in [6, 6.07) is 6.71. The zero-order valence-corrected chi connectivity index (χ0v) is 12.1. The predicted molar refractivity (Wildman–Crippen MR) is 76.8 cm³/mol.